The van der Waals surface area contributed by atoms with Crippen molar-refractivity contribution < 1.29 is 9.90 Å². The number of aromatic nitrogens is 1. The van der Waals surface area contributed by atoms with Crippen LogP contribution in [0.3, 0.4) is 0 Å². The molecular formula is C16H16N2O2. The third kappa shape index (κ3) is 2.25. The molecule has 20 heavy (non-hydrogen) atoms. The van der Waals surface area contributed by atoms with E-state index in [1.54, 1.807) is 0 Å². The molecular weight excluding hydrogens is 252 g/mol. The molecule has 0 bridgehead atoms. The molecule has 1 aliphatic heterocycles. The highest BCUT2D eigenvalue weighted by Crippen LogP contribution is 2.28. The molecule has 1 amide bonds. The Bertz CT molecular complexity index is 707. The standard InChI is InChI=1S/C16H16N2O2/c1-11-5-6-14-13(3-2-4-15(14)17-11)12-7-9-18(10-8-12)16(19)20/h2-7H,8-10H2,1H3,(H,19,20). The molecule has 0 unspecified atom stereocenters. The lowest BCUT2D eigenvalue weighted by Gasteiger charge is -2.24. The highest BCUT2D eigenvalue weighted by Gasteiger charge is 2.17. The fourth-order valence-electron chi connectivity index (χ4n) is 2.62. The molecule has 0 aliphatic carbocycles. The monoisotopic (exact) mass is 268 g/mol. The summed E-state index contributed by atoms with van der Waals surface area (Å²) < 4.78 is 0. The summed E-state index contributed by atoms with van der Waals surface area (Å²) in [5.74, 6) is 0. The van der Waals surface area contributed by atoms with Crippen molar-refractivity contribution in [3.63, 3.8) is 0 Å². The molecule has 1 aromatic heterocycles. The van der Waals surface area contributed by atoms with E-state index in [1.807, 2.05) is 31.2 Å². The Kier molecular flexibility index (Phi) is 3.14. The summed E-state index contributed by atoms with van der Waals surface area (Å²) in [6.07, 6.45) is 1.90. The molecule has 2 heterocycles. The number of carbonyl (C=O) groups is 1. The van der Waals surface area contributed by atoms with E-state index in [0.29, 0.717) is 13.1 Å². The topological polar surface area (TPSA) is 53.4 Å². The van der Waals surface area contributed by atoms with E-state index in [0.717, 1.165) is 23.0 Å². The van der Waals surface area contributed by atoms with Gasteiger partial charge in [0, 0.05) is 24.2 Å². The van der Waals surface area contributed by atoms with E-state index >= 15 is 0 Å². The Morgan fingerprint density at radius 3 is 2.85 bits per heavy atom. The maximum absolute atomic E-state index is 10.9. The van der Waals surface area contributed by atoms with Gasteiger partial charge in [-0.15, -0.1) is 0 Å². The van der Waals surface area contributed by atoms with Crippen LogP contribution in [0.4, 0.5) is 4.79 Å². The maximum atomic E-state index is 10.9. The molecule has 2 aromatic rings. The summed E-state index contributed by atoms with van der Waals surface area (Å²) in [4.78, 5) is 16.9. The molecule has 0 radical (unpaired) electrons. The fraction of sp³-hybridized carbons (Fsp3) is 0.250. The zero-order chi connectivity index (χ0) is 14.1. The summed E-state index contributed by atoms with van der Waals surface area (Å²) in [7, 11) is 0. The van der Waals surface area contributed by atoms with Crippen molar-refractivity contribution >= 4 is 22.6 Å². The van der Waals surface area contributed by atoms with Crippen LogP contribution in [0.15, 0.2) is 36.4 Å². The SMILES string of the molecule is Cc1ccc2c(C3=CCN(C(=O)O)CC3)cccc2n1. The lowest BCUT2D eigenvalue weighted by atomic mass is 9.96. The zero-order valence-corrected chi connectivity index (χ0v) is 11.3. The van der Waals surface area contributed by atoms with E-state index in [4.69, 9.17) is 5.11 Å². The van der Waals surface area contributed by atoms with Gasteiger partial charge in [-0.2, -0.15) is 0 Å². The Balaban J connectivity index is 2.01. The van der Waals surface area contributed by atoms with E-state index < -0.39 is 6.09 Å². The van der Waals surface area contributed by atoms with Gasteiger partial charge in [-0.3, -0.25) is 4.98 Å². The number of amides is 1. The van der Waals surface area contributed by atoms with Crippen LogP contribution in [0.1, 0.15) is 17.7 Å². The van der Waals surface area contributed by atoms with Gasteiger partial charge >= 0.3 is 6.09 Å². The lowest BCUT2D eigenvalue weighted by molar-refractivity contribution is 0.150. The average Bonchev–Trinajstić information content (AvgIpc) is 2.46. The van der Waals surface area contributed by atoms with Crippen molar-refractivity contribution in [2.45, 2.75) is 13.3 Å². The molecule has 1 N–H and O–H groups in total. The summed E-state index contributed by atoms with van der Waals surface area (Å²) >= 11 is 0. The smallest absolute Gasteiger partial charge is 0.407 e. The van der Waals surface area contributed by atoms with Crippen LogP contribution < -0.4 is 0 Å². The molecule has 4 nitrogen and oxygen atoms in total. The molecule has 1 aromatic carbocycles. The maximum Gasteiger partial charge on any atom is 0.407 e. The molecule has 0 saturated heterocycles. The zero-order valence-electron chi connectivity index (χ0n) is 11.3. The van der Waals surface area contributed by atoms with Crippen LogP contribution in [-0.4, -0.2) is 34.2 Å². The molecule has 0 fully saturated rings. The summed E-state index contributed by atoms with van der Waals surface area (Å²) in [5.41, 5.74) is 4.37. The number of fused-ring (bicyclic) bond motifs is 1. The van der Waals surface area contributed by atoms with E-state index in [9.17, 15) is 4.79 Å². The number of pyridine rings is 1. The van der Waals surface area contributed by atoms with Gasteiger partial charge in [0.25, 0.3) is 0 Å². The van der Waals surface area contributed by atoms with Gasteiger partial charge in [-0.05, 0) is 36.6 Å². The minimum Gasteiger partial charge on any atom is -0.465 e. The van der Waals surface area contributed by atoms with E-state index in [-0.39, 0.29) is 0 Å². The van der Waals surface area contributed by atoms with Gasteiger partial charge in [0.2, 0.25) is 0 Å². The summed E-state index contributed by atoms with van der Waals surface area (Å²) in [6, 6.07) is 10.2. The number of rotatable bonds is 1. The van der Waals surface area contributed by atoms with Crippen LogP contribution in [0.2, 0.25) is 0 Å². The number of hydrogen-bond donors (Lipinski definition) is 1. The van der Waals surface area contributed by atoms with Crippen molar-refractivity contribution in [2.75, 3.05) is 13.1 Å². The van der Waals surface area contributed by atoms with Crippen LogP contribution in [0.25, 0.3) is 16.5 Å². The molecule has 0 atom stereocenters. The Hall–Kier alpha value is -2.36. The second-order valence-corrected chi connectivity index (χ2v) is 5.03. The van der Waals surface area contributed by atoms with Crippen LogP contribution >= 0.6 is 0 Å². The number of carboxylic acid groups (broad SMARTS) is 1. The summed E-state index contributed by atoms with van der Waals surface area (Å²) in [5, 5.41) is 10.1. The van der Waals surface area contributed by atoms with Crippen molar-refractivity contribution in [3.8, 4) is 0 Å². The molecule has 0 spiro atoms. The van der Waals surface area contributed by atoms with Crippen LogP contribution in [0.5, 0.6) is 0 Å². The summed E-state index contributed by atoms with van der Waals surface area (Å²) in [6.45, 7) is 2.99. The number of nitrogens with zero attached hydrogens (tertiary/aromatic N) is 2. The lowest BCUT2D eigenvalue weighted by Crippen LogP contribution is -2.33. The van der Waals surface area contributed by atoms with Gasteiger partial charge in [-0.25, -0.2) is 4.79 Å². The first-order chi connectivity index (χ1) is 9.65. The van der Waals surface area contributed by atoms with E-state index in [1.165, 1.54) is 16.0 Å². The molecule has 0 saturated carbocycles. The van der Waals surface area contributed by atoms with Gasteiger partial charge in [0.15, 0.2) is 0 Å². The molecule has 1 aliphatic rings. The third-order valence-electron chi connectivity index (χ3n) is 3.70. The fourth-order valence-corrected chi connectivity index (χ4v) is 2.62. The van der Waals surface area contributed by atoms with Gasteiger partial charge in [0.1, 0.15) is 0 Å². The van der Waals surface area contributed by atoms with Crippen molar-refractivity contribution in [3.05, 3.63) is 47.7 Å². The van der Waals surface area contributed by atoms with E-state index in [2.05, 4.69) is 17.1 Å². The molecule has 102 valence electrons. The van der Waals surface area contributed by atoms with Crippen molar-refractivity contribution in [1.29, 1.82) is 0 Å². The predicted octanol–water partition coefficient (Wildman–Crippen LogP) is 3.31. The highest BCUT2D eigenvalue weighted by molar-refractivity contribution is 5.92. The second-order valence-electron chi connectivity index (χ2n) is 5.03. The predicted molar refractivity (Wildman–Crippen MR) is 78.7 cm³/mol. The largest absolute Gasteiger partial charge is 0.465 e. The van der Waals surface area contributed by atoms with Crippen molar-refractivity contribution in [1.82, 2.24) is 9.88 Å². The Labute approximate surface area is 117 Å². The number of hydrogen-bond acceptors (Lipinski definition) is 2. The third-order valence-corrected chi connectivity index (χ3v) is 3.70. The number of aryl methyl sites for hydroxylation is 1. The number of benzene rings is 1. The molecule has 4 heteroatoms. The van der Waals surface area contributed by atoms with Crippen molar-refractivity contribution in [2.24, 2.45) is 0 Å². The Morgan fingerprint density at radius 1 is 1.30 bits per heavy atom. The quantitative estimate of drug-likeness (QED) is 0.863. The Morgan fingerprint density at radius 2 is 2.15 bits per heavy atom. The first kappa shape index (κ1) is 12.7. The normalized spacial score (nSPS) is 15.2. The van der Waals surface area contributed by atoms with Gasteiger partial charge in [0.05, 0.1) is 5.52 Å². The molecule has 3 rings (SSSR count). The average molecular weight is 268 g/mol. The highest BCUT2D eigenvalue weighted by atomic mass is 16.4. The second kappa shape index (κ2) is 4.96. The van der Waals surface area contributed by atoms with Crippen LogP contribution in [0, 0.1) is 6.92 Å². The minimum absolute atomic E-state index is 0.459. The van der Waals surface area contributed by atoms with Gasteiger partial charge in [-0.1, -0.05) is 24.3 Å². The first-order valence-corrected chi connectivity index (χ1v) is 6.69. The van der Waals surface area contributed by atoms with Gasteiger partial charge < -0.3 is 10.0 Å². The van der Waals surface area contributed by atoms with Crippen LogP contribution in [-0.2, 0) is 0 Å². The minimum atomic E-state index is -0.851. The first-order valence-electron chi connectivity index (χ1n) is 6.69.